The van der Waals surface area contributed by atoms with E-state index >= 15 is 0 Å². The Morgan fingerprint density at radius 2 is 1.74 bits per heavy atom. The molecule has 0 amide bonds. The first kappa shape index (κ1) is 14.4. The lowest BCUT2D eigenvalue weighted by molar-refractivity contribution is -0.925. The molecule has 0 unspecified atom stereocenters. The highest BCUT2D eigenvalue weighted by Crippen LogP contribution is 2.23. The molecule has 0 spiro atoms. The molecule has 1 aliphatic heterocycles. The second kappa shape index (κ2) is 5.96. The van der Waals surface area contributed by atoms with Gasteiger partial charge >= 0.3 is 0 Å². The van der Waals surface area contributed by atoms with Crippen LogP contribution >= 0.6 is 0 Å². The van der Waals surface area contributed by atoms with Crippen molar-refractivity contribution in [1.29, 1.82) is 0 Å². The number of likely N-dealkylation sites (tertiary alicyclic amines) is 1. The van der Waals surface area contributed by atoms with Crippen molar-refractivity contribution < 1.29 is 9.64 Å². The minimum Gasteiger partial charge on any atom is -0.496 e. The molecular weight excluding hydrogens is 234 g/mol. The number of piperidine rings is 1. The molecule has 19 heavy (non-hydrogen) atoms. The Hall–Kier alpha value is -1.02. The van der Waals surface area contributed by atoms with Crippen molar-refractivity contribution in [2.45, 2.75) is 40.7 Å². The van der Waals surface area contributed by atoms with E-state index in [4.69, 9.17) is 4.74 Å². The molecule has 1 aliphatic rings. The number of rotatable bonds is 3. The Morgan fingerprint density at radius 1 is 1.11 bits per heavy atom. The fraction of sp³-hybridized carbons (Fsp3) is 0.647. The maximum absolute atomic E-state index is 5.40. The molecule has 0 aliphatic carbocycles. The first-order valence-corrected chi connectivity index (χ1v) is 7.47. The minimum atomic E-state index is 0.860. The third-order valence-corrected chi connectivity index (χ3v) is 4.59. The largest absolute Gasteiger partial charge is 0.496 e. The number of nitrogens with one attached hydrogen (secondary N) is 1. The van der Waals surface area contributed by atoms with Crippen molar-refractivity contribution in [3.63, 3.8) is 0 Å². The summed E-state index contributed by atoms with van der Waals surface area (Å²) in [5, 5.41) is 0. The fourth-order valence-corrected chi connectivity index (χ4v) is 3.60. The van der Waals surface area contributed by atoms with Crippen LogP contribution in [0.15, 0.2) is 12.1 Å². The lowest BCUT2D eigenvalue weighted by Crippen LogP contribution is -3.13. The molecule has 0 radical (unpaired) electrons. The lowest BCUT2D eigenvalue weighted by atomic mass is 9.91. The van der Waals surface area contributed by atoms with Gasteiger partial charge in [-0.1, -0.05) is 13.8 Å². The summed E-state index contributed by atoms with van der Waals surface area (Å²) >= 11 is 0. The average Bonchev–Trinajstić information content (AvgIpc) is 2.34. The fourth-order valence-electron chi connectivity index (χ4n) is 3.60. The molecule has 1 fully saturated rings. The van der Waals surface area contributed by atoms with E-state index in [2.05, 4.69) is 39.8 Å². The van der Waals surface area contributed by atoms with E-state index < -0.39 is 0 Å². The molecule has 0 bridgehead atoms. The van der Waals surface area contributed by atoms with Gasteiger partial charge in [-0.25, -0.2) is 0 Å². The minimum absolute atomic E-state index is 0.860. The second-order valence-corrected chi connectivity index (χ2v) is 6.46. The van der Waals surface area contributed by atoms with Crippen LogP contribution in [-0.4, -0.2) is 20.2 Å². The van der Waals surface area contributed by atoms with Crippen LogP contribution in [0.2, 0.25) is 0 Å². The van der Waals surface area contributed by atoms with Crippen molar-refractivity contribution in [2.24, 2.45) is 11.8 Å². The lowest BCUT2D eigenvalue weighted by Gasteiger charge is -2.32. The van der Waals surface area contributed by atoms with E-state index in [1.165, 1.54) is 36.2 Å². The molecule has 2 heteroatoms. The molecule has 1 saturated heterocycles. The van der Waals surface area contributed by atoms with Gasteiger partial charge in [0.25, 0.3) is 0 Å². The second-order valence-electron chi connectivity index (χ2n) is 6.46. The summed E-state index contributed by atoms with van der Waals surface area (Å²) in [5.41, 5.74) is 4.17. The molecule has 1 heterocycles. The third-order valence-electron chi connectivity index (χ3n) is 4.59. The normalized spacial score (nSPS) is 27.3. The van der Waals surface area contributed by atoms with Gasteiger partial charge in [-0.3, -0.25) is 0 Å². The Kier molecular flexibility index (Phi) is 4.51. The highest BCUT2D eigenvalue weighted by molar-refractivity contribution is 5.43. The topological polar surface area (TPSA) is 13.7 Å². The number of hydrogen-bond donors (Lipinski definition) is 1. The van der Waals surface area contributed by atoms with Crippen LogP contribution in [0.3, 0.4) is 0 Å². The Balaban J connectivity index is 2.13. The molecular formula is C17H28NO+. The molecule has 1 N–H and O–H groups in total. The van der Waals surface area contributed by atoms with Crippen LogP contribution in [0.25, 0.3) is 0 Å². The van der Waals surface area contributed by atoms with Crippen molar-refractivity contribution in [3.05, 3.63) is 28.8 Å². The van der Waals surface area contributed by atoms with Crippen molar-refractivity contribution in [2.75, 3.05) is 20.2 Å². The smallest absolute Gasteiger partial charge is 0.122 e. The predicted octanol–water partition coefficient (Wildman–Crippen LogP) is 2.37. The molecule has 106 valence electrons. The predicted molar refractivity (Wildman–Crippen MR) is 79.8 cm³/mol. The highest BCUT2D eigenvalue weighted by atomic mass is 16.5. The standard InChI is InChI=1S/C17H27NO/c1-12-8-13(2)10-18(9-12)11-16-6-7-17(19-5)15(4)14(16)3/h6-7,12-13H,8-11H2,1-5H3/p+1/t12-,13-/m0/s1. The van der Waals surface area contributed by atoms with Crippen LogP contribution in [-0.2, 0) is 6.54 Å². The van der Waals surface area contributed by atoms with Crippen LogP contribution in [0.1, 0.15) is 37.0 Å². The van der Waals surface area contributed by atoms with E-state index in [-0.39, 0.29) is 0 Å². The maximum atomic E-state index is 5.40. The van der Waals surface area contributed by atoms with Crippen LogP contribution in [0.4, 0.5) is 0 Å². The molecule has 2 nitrogen and oxygen atoms in total. The summed E-state index contributed by atoms with van der Waals surface area (Å²) in [6, 6.07) is 4.37. The zero-order valence-corrected chi connectivity index (χ0v) is 13.0. The summed E-state index contributed by atoms with van der Waals surface area (Å²) in [6.45, 7) is 13.0. The van der Waals surface area contributed by atoms with Crippen molar-refractivity contribution in [3.8, 4) is 5.75 Å². The third kappa shape index (κ3) is 3.30. The number of hydrogen-bond acceptors (Lipinski definition) is 1. The van der Waals surface area contributed by atoms with Gasteiger partial charge in [0.15, 0.2) is 0 Å². The quantitative estimate of drug-likeness (QED) is 0.883. The van der Waals surface area contributed by atoms with Gasteiger partial charge in [0, 0.05) is 17.4 Å². The van der Waals surface area contributed by atoms with E-state index in [0.717, 1.165) is 24.1 Å². The first-order chi connectivity index (χ1) is 9.01. The maximum Gasteiger partial charge on any atom is 0.122 e. The zero-order valence-electron chi connectivity index (χ0n) is 13.0. The molecule has 0 saturated carbocycles. The average molecular weight is 262 g/mol. The Bertz CT molecular complexity index is 431. The van der Waals surface area contributed by atoms with Crippen molar-refractivity contribution in [1.82, 2.24) is 0 Å². The summed E-state index contributed by atoms with van der Waals surface area (Å²) in [4.78, 5) is 1.74. The van der Waals surface area contributed by atoms with Gasteiger partial charge in [-0.15, -0.1) is 0 Å². The molecule has 2 rings (SSSR count). The molecule has 1 aromatic rings. The monoisotopic (exact) mass is 262 g/mol. The number of ether oxygens (including phenoxy) is 1. The van der Waals surface area contributed by atoms with Gasteiger partial charge in [-0.2, -0.15) is 0 Å². The molecule has 1 aromatic carbocycles. The SMILES string of the molecule is COc1ccc(C[NH+]2C[C@@H](C)C[C@H](C)C2)c(C)c1C. The highest BCUT2D eigenvalue weighted by Gasteiger charge is 2.25. The Labute approximate surface area is 117 Å². The first-order valence-electron chi connectivity index (χ1n) is 7.47. The number of quaternary nitrogens is 1. The summed E-state index contributed by atoms with van der Waals surface area (Å²) < 4.78 is 5.40. The molecule has 0 aromatic heterocycles. The van der Waals surface area contributed by atoms with Crippen LogP contribution in [0, 0.1) is 25.7 Å². The van der Waals surface area contributed by atoms with Gasteiger partial charge in [0.1, 0.15) is 12.3 Å². The molecule has 2 atom stereocenters. The van der Waals surface area contributed by atoms with E-state index in [1.54, 1.807) is 12.0 Å². The summed E-state index contributed by atoms with van der Waals surface area (Å²) in [6.07, 6.45) is 1.39. The number of methoxy groups -OCH3 is 1. The van der Waals surface area contributed by atoms with Gasteiger partial charge in [-0.05, 0) is 43.5 Å². The summed E-state index contributed by atoms with van der Waals surface area (Å²) in [5.74, 6) is 2.73. The zero-order chi connectivity index (χ0) is 14.0. The van der Waals surface area contributed by atoms with Crippen molar-refractivity contribution >= 4 is 0 Å². The van der Waals surface area contributed by atoms with Gasteiger partial charge in [0.05, 0.1) is 20.2 Å². The van der Waals surface area contributed by atoms with Gasteiger partial charge in [0.2, 0.25) is 0 Å². The van der Waals surface area contributed by atoms with E-state index in [1.807, 2.05) is 0 Å². The number of benzene rings is 1. The Morgan fingerprint density at radius 3 is 2.32 bits per heavy atom. The van der Waals surface area contributed by atoms with E-state index in [0.29, 0.717) is 0 Å². The van der Waals surface area contributed by atoms with Crippen LogP contribution < -0.4 is 9.64 Å². The van der Waals surface area contributed by atoms with Gasteiger partial charge < -0.3 is 9.64 Å². The van der Waals surface area contributed by atoms with E-state index in [9.17, 15) is 0 Å². The summed E-state index contributed by atoms with van der Waals surface area (Å²) in [7, 11) is 1.75. The van der Waals surface area contributed by atoms with Crippen LogP contribution in [0.5, 0.6) is 5.75 Å².